The van der Waals surface area contributed by atoms with Gasteiger partial charge in [0.2, 0.25) is 5.91 Å². The molecule has 3 aliphatic heterocycles. The van der Waals surface area contributed by atoms with Gasteiger partial charge in [-0.05, 0) is 63.7 Å². The van der Waals surface area contributed by atoms with Crippen LogP contribution < -0.4 is 10.2 Å². The highest BCUT2D eigenvalue weighted by Gasteiger charge is 2.32. The fourth-order valence-corrected chi connectivity index (χ4v) is 5.23. The van der Waals surface area contributed by atoms with Gasteiger partial charge in [0.25, 0.3) is 0 Å². The maximum atomic E-state index is 12.0. The number of piperidine rings is 1. The Hall–Kier alpha value is -2.08. The van der Waals surface area contributed by atoms with E-state index < -0.39 is 0 Å². The van der Waals surface area contributed by atoms with Crippen LogP contribution in [-0.2, 0) is 4.79 Å². The fraction of sp³-hybridized carbons (Fsp3) is 0.667. The van der Waals surface area contributed by atoms with Crippen molar-refractivity contribution < 1.29 is 4.79 Å². The van der Waals surface area contributed by atoms with Crippen LogP contribution in [0.1, 0.15) is 50.5 Å². The summed E-state index contributed by atoms with van der Waals surface area (Å²) in [6.45, 7) is 8.99. The summed E-state index contributed by atoms with van der Waals surface area (Å²) in [7, 11) is 2.22. The van der Waals surface area contributed by atoms with E-state index in [-0.39, 0.29) is 0 Å². The Kier molecular flexibility index (Phi) is 6.93. The molecular formula is C24H37N5O. The molecule has 0 aromatic heterocycles. The summed E-state index contributed by atoms with van der Waals surface area (Å²) in [4.78, 5) is 24.0. The molecule has 3 heterocycles. The normalized spacial score (nSPS) is 25.1. The number of carbonyl (C=O) groups excluding carboxylic acids is 1. The first-order chi connectivity index (χ1) is 14.7. The Balaban J connectivity index is 1.47. The molecule has 1 aromatic carbocycles. The van der Waals surface area contributed by atoms with Gasteiger partial charge in [-0.15, -0.1) is 0 Å². The summed E-state index contributed by atoms with van der Waals surface area (Å²) >= 11 is 0. The SMILES string of the molecule is CCNC(=NCC1CCCN(C)C1)N1CC(CCN2CCCC2=O)c2ccccc21. The van der Waals surface area contributed by atoms with Crippen LogP contribution in [0.15, 0.2) is 29.3 Å². The Morgan fingerprint density at radius 3 is 2.83 bits per heavy atom. The number of likely N-dealkylation sites (tertiary alicyclic amines) is 2. The molecule has 2 unspecified atom stereocenters. The van der Waals surface area contributed by atoms with Gasteiger partial charge < -0.3 is 20.0 Å². The first-order valence-corrected chi connectivity index (χ1v) is 11.8. The molecule has 0 bridgehead atoms. The van der Waals surface area contributed by atoms with Crippen LogP contribution in [0.4, 0.5) is 5.69 Å². The van der Waals surface area contributed by atoms with E-state index in [1.807, 2.05) is 4.90 Å². The number of amides is 1. The monoisotopic (exact) mass is 411 g/mol. The Bertz CT molecular complexity index is 764. The zero-order chi connectivity index (χ0) is 20.9. The first kappa shape index (κ1) is 21.2. The van der Waals surface area contributed by atoms with Crippen LogP contribution in [0.25, 0.3) is 0 Å². The number of nitrogens with one attached hydrogen (secondary N) is 1. The second-order valence-corrected chi connectivity index (χ2v) is 9.10. The van der Waals surface area contributed by atoms with Gasteiger partial charge in [-0.1, -0.05) is 18.2 Å². The van der Waals surface area contributed by atoms with Crippen molar-refractivity contribution in [3.05, 3.63) is 29.8 Å². The summed E-state index contributed by atoms with van der Waals surface area (Å²) in [5.41, 5.74) is 2.67. The summed E-state index contributed by atoms with van der Waals surface area (Å²) in [6, 6.07) is 8.74. The number of benzene rings is 1. The van der Waals surface area contributed by atoms with Crippen molar-refractivity contribution in [1.29, 1.82) is 0 Å². The smallest absolute Gasteiger partial charge is 0.222 e. The number of hydrogen-bond donors (Lipinski definition) is 1. The van der Waals surface area contributed by atoms with Crippen LogP contribution >= 0.6 is 0 Å². The van der Waals surface area contributed by atoms with E-state index in [1.165, 1.54) is 30.6 Å². The lowest BCUT2D eigenvalue weighted by Gasteiger charge is -2.29. The van der Waals surface area contributed by atoms with Gasteiger partial charge in [0.05, 0.1) is 0 Å². The molecule has 0 spiro atoms. The second-order valence-electron chi connectivity index (χ2n) is 9.10. The van der Waals surface area contributed by atoms with Gasteiger partial charge >= 0.3 is 0 Å². The minimum absolute atomic E-state index is 0.325. The topological polar surface area (TPSA) is 51.2 Å². The predicted molar refractivity (Wildman–Crippen MR) is 123 cm³/mol. The third kappa shape index (κ3) is 4.80. The number of carbonyl (C=O) groups is 1. The molecule has 1 amide bonds. The molecule has 2 fully saturated rings. The van der Waals surface area contributed by atoms with Gasteiger partial charge in [0, 0.05) is 57.3 Å². The highest BCUT2D eigenvalue weighted by molar-refractivity contribution is 5.98. The number of anilines is 1. The first-order valence-electron chi connectivity index (χ1n) is 11.8. The van der Waals surface area contributed by atoms with Crippen LogP contribution in [0, 0.1) is 5.92 Å². The number of guanidine groups is 1. The maximum absolute atomic E-state index is 12.0. The van der Waals surface area contributed by atoms with E-state index in [1.54, 1.807) is 0 Å². The maximum Gasteiger partial charge on any atom is 0.222 e. The number of aliphatic imine (C=N–C) groups is 1. The Morgan fingerprint density at radius 2 is 2.07 bits per heavy atom. The third-order valence-electron chi connectivity index (χ3n) is 6.80. The summed E-state index contributed by atoms with van der Waals surface area (Å²) < 4.78 is 0. The van der Waals surface area contributed by atoms with Gasteiger partial charge in [-0.2, -0.15) is 0 Å². The fourth-order valence-electron chi connectivity index (χ4n) is 5.23. The standard InChI is InChI=1S/C24H37N5O/c1-3-25-24(26-16-19-8-6-13-27(2)17-19)29-18-20(21-9-4-5-10-22(21)29)12-15-28-14-7-11-23(28)30/h4-5,9-10,19-20H,3,6-8,11-18H2,1-2H3,(H,25,26). The van der Waals surface area contributed by atoms with E-state index in [2.05, 4.69) is 53.4 Å². The van der Waals surface area contributed by atoms with Gasteiger partial charge in [0.1, 0.15) is 0 Å². The molecule has 6 nitrogen and oxygen atoms in total. The van der Waals surface area contributed by atoms with Crippen LogP contribution in [0.2, 0.25) is 0 Å². The van der Waals surface area contributed by atoms with E-state index >= 15 is 0 Å². The Morgan fingerprint density at radius 1 is 1.20 bits per heavy atom. The molecular weight excluding hydrogens is 374 g/mol. The van der Waals surface area contributed by atoms with Crippen LogP contribution in [-0.4, -0.2) is 74.5 Å². The average Bonchev–Trinajstić information content (AvgIpc) is 3.33. The van der Waals surface area contributed by atoms with Crippen molar-refractivity contribution in [2.45, 2.75) is 44.9 Å². The van der Waals surface area contributed by atoms with E-state index in [9.17, 15) is 4.79 Å². The summed E-state index contributed by atoms with van der Waals surface area (Å²) in [6.07, 6.45) is 5.31. The van der Waals surface area contributed by atoms with Crippen molar-refractivity contribution in [1.82, 2.24) is 15.1 Å². The van der Waals surface area contributed by atoms with Crippen molar-refractivity contribution in [2.24, 2.45) is 10.9 Å². The van der Waals surface area contributed by atoms with Gasteiger partial charge in [-0.25, -0.2) is 0 Å². The number of hydrogen-bond acceptors (Lipinski definition) is 3. The summed E-state index contributed by atoms with van der Waals surface area (Å²) in [5, 5.41) is 3.54. The van der Waals surface area contributed by atoms with E-state index in [0.717, 1.165) is 64.5 Å². The number of nitrogens with zero attached hydrogens (tertiary/aromatic N) is 4. The van der Waals surface area contributed by atoms with E-state index in [4.69, 9.17) is 4.99 Å². The lowest BCUT2D eigenvalue weighted by Crippen LogP contribution is -2.42. The minimum atomic E-state index is 0.325. The molecule has 164 valence electrons. The van der Waals surface area contributed by atoms with E-state index in [0.29, 0.717) is 17.7 Å². The molecule has 30 heavy (non-hydrogen) atoms. The molecule has 1 aromatic rings. The van der Waals surface area contributed by atoms with Crippen LogP contribution in [0.5, 0.6) is 0 Å². The minimum Gasteiger partial charge on any atom is -0.356 e. The molecule has 6 heteroatoms. The summed E-state index contributed by atoms with van der Waals surface area (Å²) in [5.74, 6) is 2.43. The second kappa shape index (κ2) is 9.82. The number of fused-ring (bicyclic) bond motifs is 1. The molecule has 0 saturated carbocycles. The lowest BCUT2D eigenvalue weighted by atomic mass is 9.98. The van der Waals surface area contributed by atoms with Crippen molar-refractivity contribution in [3.63, 3.8) is 0 Å². The number of rotatable bonds is 6. The predicted octanol–water partition coefficient (Wildman–Crippen LogP) is 2.91. The number of para-hydroxylation sites is 1. The largest absolute Gasteiger partial charge is 0.356 e. The highest BCUT2D eigenvalue weighted by atomic mass is 16.2. The van der Waals surface area contributed by atoms with Gasteiger partial charge in [-0.3, -0.25) is 9.79 Å². The van der Waals surface area contributed by atoms with Crippen molar-refractivity contribution in [3.8, 4) is 0 Å². The quantitative estimate of drug-likeness (QED) is 0.578. The van der Waals surface area contributed by atoms with Crippen LogP contribution in [0.3, 0.4) is 0 Å². The molecule has 4 rings (SSSR count). The molecule has 1 N–H and O–H groups in total. The molecule has 2 saturated heterocycles. The molecule has 2 atom stereocenters. The van der Waals surface area contributed by atoms with Crippen molar-refractivity contribution in [2.75, 3.05) is 57.8 Å². The zero-order valence-corrected chi connectivity index (χ0v) is 18.6. The lowest BCUT2D eigenvalue weighted by molar-refractivity contribution is -0.127. The van der Waals surface area contributed by atoms with Gasteiger partial charge in [0.15, 0.2) is 5.96 Å². The Labute approximate surface area is 181 Å². The zero-order valence-electron chi connectivity index (χ0n) is 18.6. The molecule has 0 radical (unpaired) electrons. The highest BCUT2D eigenvalue weighted by Crippen LogP contribution is 2.38. The van der Waals surface area contributed by atoms with Crippen molar-refractivity contribution >= 4 is 17.6 Å². The third-order valence-corrected chi connectivity index (χ3v) is 6.80. The molecule has 3 aliphatic rings. The molecule has 0 aliphatic carbocycles. The average molecular weight is 412 g/mol.